The lowest BCUT2D eigenvalue weighted by Crippen LogP contribution is -2.49. The van der Waals surface area contributed by atoms with Crippen LogP contribution in [0.4, 0.5) is 23.7 Å². The van der Waals surface area contributed by atoms with Gasteiger partial charge in [0.05, 0.1) is 12.5 Å². The number of likely N-dealkylation sites (N-methyl/N-ethyl adjacent to an activating group) is 1. The minimum absolute atomic E-state index is 0.00479. The van der Waals surface area contributed by atoms with Crippen LogP contribution in [0, 0.1) is 11.3 Å². The number of nitriles is 1. The zero-order chi connectivity index (χ0) is 48.7. The lowest BCUT2D eigenvalue weighted by atomic mass is 9.74. The molecule has 0 radical (unpaired) electrons. The second-order valence-electron chi connectivity index (χ2n) is 17.7. The average Bonchev–Trinajstić information content (AvgIpc) is 3.78. The monoisotopic (exact) mass is 919 g/mol. The van der Waals surface area contributed by atoms with Crippen molar-refractivity contribution in [1.29, 1.82) is 5.26 Å². The van der Waals surface area contributed by atoms with Crippen molar-refractivity contribution in [3.05, 3.63) is 185 Å². The fourth-order valence-corrected chi connectivity index (χ4v) is 9.13. The molecular weight excluding hydrogens is 868 g/mol. The number of nitrogens with one attached hydrogen (secondary N) is 3. The maximum absolute atomic E-state index is 14.0. The molecular formula is C55H52F3N5O5. The Morgan fingerprint density at radius 3 is 1.54 bits per heavy atom. The largest absolute Gasteiger partial charge is 0.444 e. The lowest BCUT2D eigenvalue weighted by Gasteiger charge is -2.34. The molecule has 0 atom stereocenters. The number of ether oxygens (including phenoxy) is 1. The molecule has 2 aliphatic rings. The highest BCUT2D eigenvalue weighted by Gasteiger charge is 2.51. The van der Waals surface area contributed by atoms with Crippen LogP contribution >= 0.6 is 0 Å². The minimum atomic E-state index is -4.61. The van der Waals surface area contributed by atoms with E-state index in [-0.39, 0.29) is 37.7 Å². The van der Waals surface area contributed by atoms with E-state index >= 15 is 0 Å². The Morgan fingerprint density at radius 1 is 0.632 bits per heavy atom. The molecule has 6 aromatic carbocycles. The van der Waals surface area contributed by atoms with Gasteiger partial charge < -0.3 is 25.6 Å². The third kappa shape index (κ3) is 10.0. The summed E-state index contributed by atoms with van der Waals surface area (Å²) in [6.45, 7) is 6.26. The summed E-state index contributed by atoms with van der Waals surface area (Å²) in [6, 6.07) is 48.1. The smallest absolute Gasteiger partial charge is 0.410 e. The van der Waals surface area contributed by atoms with Gasteiger partial charge in [0.2, 0.25) is 11.8 Å². The molecule has 0 bridgehead atoms. The van der Waals surface area contributed by atoms with E-state index in [2.05, 4.69) is 22.0 Å². The maximum Gasteiger partial charge on any atom is 0.410 e. The molecule has 68 heavy (non-hydrogen) atoms. The zero-order valence-corrected chi connectivity index (χ0v) is 38.2. The Labute approximate surface area is 394 Å². The molecule has 0 aromatic heterocycles. The van der Waals surface area contributed by atoms with Crippen LogP contribution in [0.25, 0.3) is 22.3 Å². The van der Waals surface area contributed by atoms with Crippen LogP contribution in [-0.2, 0) is 31.7 Å². The maximum atomic E-state index is 14.0. The van der Waals surface area contributed by atoms with Crippen molar-refractivity contribution in [2.45, 2.75) is 69.7 Å². The van der Waals surface area contributed by atoms with Gasteiger partial charge in [0.1, 0.15) is 23.0 Å². The number of fused-ring (bicyclic) bond motifs is 6. The van der Waals surface area contributed by atoms with Crippen LogP contribution in [0.3, 0.4) is 0 Å². The number of hydrogen-bond donors (Lipinski definition) is 3. The highest BCUT2D eigenvalue weighted by molar-refractivity contribution is 6.04. The Morgan fingerprint density at radius 2 is 1.09 bits per heavy atom. The summed E-state index contributed by atoms with van der Waals surface area (Å²) in [5.41, 5.74) is 5.19. The fraction of sp³-hybridized carbons (Fsp3) is 0.255. The number of nitrogens with zero attached hydrogens (tertiary/aromatic N) is 2. The van der Waals surface area contributed by atoms with Gasteiger partial charge in [-0.15, -0.1) is 0 Å². The first-order valence-electron chi connectivity index (χ1n) is 22.3. The topological polar surface area (TPSA) is 141 Å². The van der Waals surface area contributed by atoms with Crippen molar-refractivity contribution < 1.29 is 37.1 Å². The van der Waals surface area contributed by atoms with Crippen molar-refractivity contribution in [2.75, 3.05) is 25.0 Å². The van der Waals surface area contributed by atoms with E-state index in [1.165, 1.54) is 4.90 Å². The molecule has 3 N–H and O–H groups in total. The molecule has 348 valence electrons. The van der Waals surface area contributed by atoms with Crippen LogP contribution < -0.4 is 16.0 Å². The summed E-state index contributed by atoms with van der Waals surface area (Å²) >= 11 is 0. The predicted octanol–water partition coefficient (Wildman–Crippen LogP) is 10.7. The molecule has 10 nitrogen and oxygen atoms in total. The SMILES string of the molecule is CC(C)(C)OC(=O)N(CCC1(C(=O)NCC(F)(F)F)c2ccccc2-c2ccccc21)Cc1ccc(NC(=O)c2ccccc2)cc1.CCNC(=O)C1(CC#N)c2ccccc2-c2ccccc21. The lowest BCUT2D eigenvalue weighted by molar-refractivity contribution is -0.141. The molecule has 6 aromatic rings. The number of rotatable bonds is 12. The first kappa shape index (κ1) is 48.2. The third-order valence-electron chi connectivity index (χ3n) is 12.1. The minimum Gasteiger partial charge on any atom is -0.444 e. The molecule has 0 aliphatic heterocycles. The average molecular weight is 920 g/mol. The third-order valence-corrected chi connectivity index (χ3v) is 12.1. The Bertz CT molecular complexity index is 2760. The van der Waals surface area contributed by atoms with Crippen LogP contribution in [0.2, 0.25) is 0 Å². The first-order chi connectivity index (χ1) is 32.5. The number of halogens is 3. The standard InChI is InChI=1S/C37H36F3N3O4.C18H16N2O/c1-35(2,3)47-34(46)43(23-25-17-19-27(20-18-25)42-32(44)26-11-5-4-6-12-26)22-21-36(33(45)41-24-37(38,39)40)30-15-9-7-13-28(30)29-14-8-10-16-31(29)36;1-2-20-17(21)18(11-12-19)15-9-5-3-7-13(15)14-8-4-6-10-16(14)18/h4-20H,21-24H2,1-3H3,(H,41,45)(H,42,44);3-10H,2,11H2,1H3,(H,20,21). The quantitative estimate of drug-likeness (QED) is 0.112. The summed E-state index contributed by atoms with van der Waals surface area (Å²) in [4.78, 5) is 54.4. The number of amides is 4. The van der Waals surface area contributed by atoms with Gasteiger partial charge in [0.15, 0.2) is 0 Å². The fourth-order valence-electron chi connectivity index (χ4n) is 9.13. The molecule has 0 spiro atoms. The first-order valence-corrected chi connectivity index (χ1v) is 22.3. The van der Waals surface area contributed by atoms with Crippen molar-refractivity contribution >= 4 is 29.5 Å². The van der Waals surface area contributed by atoms with Gasteiger partial charge in [-0.1, -0.05) is 127 Å². The van der Waals surface area contributed by atoms with Gasteiger partial charge >= 0.3 is 12.3 Å². The Hall–Kier alpha value is -7.72. The van der Waals surface area contributed by atoms with Crippen LogP contribution in [0.1, 0.15) is 78.7 Å². The van der Waals surface area contributed by atoms with Gasteiger partial charge in [-0.3, -0.25) is 14.4 Å². The van der Waals surface area contributed by atoms with Gasteiger partial charge in [0.25, 0.3) is 5.91 Å². The molecule has 0 saturated heterocycles. The highest BCUT2D eigenvalue weighted by atomic mass is 19.4. The number of benzene rings is 6. The molecule has 0 unspecified atom stereocenters. The second kappa shape index (κ2) is 20.0. The van der Waals surface area contributed by atoms with Crippen molar-refractivity contribution in [3.8, 4) is 28.3 Å². The van der Waals surface area contributed by atoms with E-state index in [0.717, 1.165) is 38.9 Å². The molecule has 0 fully saturated rings. The van der Waals surface area contributed by atoms with E-state index in [1.807, 2.05) is 85.8 Å². The molecule has 2 aliphatic carbocycles. The molecule has 0 saturated carbocycles. The van der Waals surface area contributed by atoms with Crippen LogP contribution in [0.5, 0.6) is 0 Å². The molecule has 4 amide bonds. The van der Waals surface area contributed by atoms with E-state index < -0.39 is 41.2 Å². The van der Waals surface area contributed by atoms with Gasteiger partial charge in [-0.25, -0.2) is 4.79 Å². The molecule has 8 rings (SSSR count). The van der Waals surface area contributed by atoms with E-state index in [1.54, 1.807) is 93.6 Å². The molecule has 13 heteroatoms. The number of anilines is 1. The van der Waals surface area contributed by atoms with E-state index in [0.29, 0.717) is 28.9 Å². The number of alkyl halides is 3. The summed E-state index contributed by atoms with van der Waals surface area (Å²) in [5, 5.41) is 17.2. The van der Waals surface area contributed by atoms with Crippen LogP contribution in [-0.4, -0.2) is 60.1 Å². The highest BCUT2D eigenvalue weighted by Crippen LogP contribution is 2.52. The van der Waals surface area contributed by atoms with Crippen LogP contribution in [0.15, 0.2) is 152 Å². The van der Waals surface area contributed by atoms with Crippen molar-refractivity contribution in [1.82, 2.24) is 15.5 Å². The van der Waals surface area contributed by atoms with Crippen molar-refractivity contribution in [3.63, 3.8) is 0 Å². The van der Waals surface area contributed by atoms with Crippen molar-refractivity contribution in [2.24, 2.45) is 0 Å². The van der Waals surface area contributed by atoms with Gasteiger partial charge in [-0.2, -0.15) is 18.4 Å². The zero-order valence-electron chi connectivity index (χ0n) is 38.2. The number of carbonyl (C=O) groups is 4. The summed E-state index contributed by atoms with van der Waals surface area (Å²) in [7, 11) is 0. The van der Waals surface area contributed by atoms with E-state index in [9.17, 15) is 37.6 Å². The van der Waals surface area contributed by atoms with E-state index in [4.69, 9.17) is 4.74 Å². The van der Waals surface area contributed by atoms with Gasteiger partial charge in [0, 0.05) is 30.9 Å². The second-order valence-corrected chi connectivity index (χ2v) is 17.7. The summed E-state index contributed by atoms with van der Waals surface area (Å²) in [6.07, 6.45) is -5.10. The molecule has 0 heterocycles. The van der Waals surface area contributed by atoms with Gasteiger partial charge in [-0.05, 0) is 108 Å². The summed E-state index contributed by atoms with van der Waals surface area (Å²) < 4.78 is 45.7. The predicted molar refractivity (Wildman–Crippen MR) is 255 cm³/mol. The number of hydrogen-bond acceptors (Lipinski definition) is 6. The number of carbonyl (C=O) groups excluding carboxylic acids is 4. The Balaban J connectivity index is 0.000000270. The summed E-state index contributed by atoms with van der Waals surface area (Å²) in [5.74, 6) is -1.15. The Kier molecular flexibility index (Phi) is 14.2. The normalized spacial score (nSPS) is 13.4.